The van der Waals surface area contributed by atoms with E-state index in [4.69, 9.17) is 47.4 Å². The van der Waals surface area contributed by atoms with E-state index >= 15 is 0 Å². The Bertz CT molecular complexity index is 1610. The van der Waals surface area contributed by atoms with Crippen LogP contribution in [0.25, 0.3) is 0 Å². The van der Waals surface area contributed by atoms with Gasteiger partial charge in [0.25, 0.3) is 0 Å². The highest BCUT2D eigenvalue weighted by Crippen LogP contribution is 2.42. The van der Waals surface area contributed by atoms with Gasteiger partial charge in [-0.25, -0.2) is 0 Å². The Morgan fingerprint density at radius 2 is 0.731 bits per heavy atom. The number of benzene rings is 4. The molecule has 4 N–H and O–H groups in total. The number of fused-ring (bicyclic) bond motifs is 4. The lowest BCUT2D eigenvalue weighted by Gasteiger charge is -2.22. The predicted octanol–water partition coefficient (Wildman–Crippen LogP) is 3.41. The van der Waals surface area contributed by atoms with Crippen LogP contribution in [0.1, 0.15) is 34.5 Å². The molecule has 0 aliphatic carbocycles. The maximum Gasteiger partial charge on any atom is 0.231 e. The summed E-state index contributed by atoms with van der Waals surface area (Å²) in [4.78, 5) is 0. The first-order chi connectivity index (χ1) is 25.6. The molecule has 0 amide bonds. The normalized spacial score (nSPS) is 15.8. The molecule has 0 bridgehead atoms. The first-order valence-electron chi connectivity index (χ1n) is 17.2. The van der Waals surface area contributed by atoms with Gasteiger partial charge < -0.3 is 68.2 Å². The Hall–Kier alpha value is -4.96. The lowest BCUT2D eigenvalue weighted by molar-refractivity contribution is 0.00535. The minimum absolute atomic E-state index is 0.0813. The van der Waals surface area contributed by atoms with Gasteiger partial charge in [-0.05, 0) is 70.8 Å². The average Bonchev–Trinajstić information content (AvgIpc) is 4.00. The molecule has 0 saturated carbocycles. The van der Waals surface area contributed by atoms with Gasteiger partial charge in [0.05, 0.1) is 25.4 Å². The second-order valence-corrected chi connectivity index (χ2v) is 12.6. The molecule has 0 spiro atoms. The van der Waals surface area contributed by atoms with Crippen molar-refractivity contribution in [3.8, 4) is 46.0 Å². The highest BCUT2D eigenvalue weighted by atomic mass is 16.7. The molecule has 14 heteroatoms. The van der Waals surface area contributed by atoms with Crippen molar-refractivity contribution in [2.24, 2.45) is 0 Å². The molecule has 0 radical (unpaired) electrons. The Labute approximate surface area is 300 Å². The maximum absolute atomic E-state index is 10.8. The molecule has 4 aliphatic rings. The largest absolute Gasteiger partial charge is 0.454 e. The number of rotatable bonds is 17. The van der Waals surface area contributed by atoms with Crippen LogP contribution < -0.4 is 48.5 Å². The molecule has 14 nitrogen and oxygen atoms in total. The van der Waals surface area contributed by atoms with Gasteiger partial charge in [-0.1, -0.05) is 24.3 Å². The number of ether oxygens (including phenoxy) is 10. The van der Waals surface area contributed by atoms with Crippen molar-refractivity contribution in [2.45, 2.75) is 24.4 Å². The maximum atomic E-state index is 10.8. The zero-order valence-corrected chi connectivity index (χ0v) is 28.3. The van der Waals surface area contributed by atoms with Gasteiger partial charge in [-0.2, -0.15) is 0 Å². The molecule has 0 aromatic heterocycles. The Kier molecular flexibility index (Phi) is 10.3. The lowest BCUT2D eigenvalue weighted by atomic mass is 10.00. The Morgan fingerprint density at radius 1 is 0.442 bits per heavy atom. The zero-order valence-electron chi connectivity index (χ0n) is 28.3. The summed E-state index contributed by atoms with van der Waals surface area (Å²) in [6, 6.07) is 22.7. The lowest BCUT2D eigenvalue weighted by Crippen LogP contribution is -2.38. The summed E-state index contributed by atoms with van der Waals surface area (Å²) in [6.07, 6.45) is -2.51. The van der Waals surface area contributed by atoms with Crippen LogP contribution in [0.15, 0.2) is 72.8 Å². The van der Waals surface area contributed by atoms with Crippen molar-refractivity contribution < 1.29 is 57.6 Å². The van der Waals surface area contributed by atoms with Gasteiger partial charge in [-0.3, -0.25) is 0 Å². The van der Waals surface area contributed by atoms with Crippen LogP contribution in [0.4, 0.5) is 0 Å². The third-order valence-electron chi connectivity index (χ3n) is 8.95. The molecular formula is C38H40N2O12. The van der Waals surface area contributed by atoms with Gasteiger partial charge in [0.1, 0.15) is 12.2 Å². The summed E-state index contributed by atoms with van der Waals surface area (Å²) in [5.41, 5.74) is 3.42. The van der Waals surface area contributed by atoms with Crippen molar-refractivity contribution in [3.63, 3.8) is 0 Å². The number of aliphatic hydroxyl groups is 2. The minimum Gasteiger partial charge on any atom is -0.454 e. The second kappa shape index (κ2) is 15.7. The fraction of sp³-hybridized carbons (Fsp3) is 0.368. The van der Waals surface area contributed by atoms with Crippen molar-refractivity contribution in [2.75, 3.05) is 66.6 Å². The predicted molar refractivity (Wildman–Crippen MR) is 184 cm³/mol. The smallest absolute Gasteiger partial charge is 0.231 e. The highest BCUT2D eigenvalue weighted by Gasteiger charge is 2.26. The topological polar surface area (TPSA) is 157 Å². The van der Waals surface area contributed by atoms with Crippen molar-refractivity contribution in [3.05, 3.63) is 95.1 Å². The number of hydrogen-bond acceptors (Lipinski definition) is 14. The van der Waals surface area contributed by atoms with E-state index < -0.39 is 24.4 Å². The second-order valence-electron chi connectivity index (χ2n) is 12.6. The van der Waals surface area contributed by atoms with Crippen LogP contribution >= 0.6 is 0 Å². The summed E-state index contributed by atoms with van der Waals surface area (Å²) < 4.78 is 56.8. The van der Waals surface area contributed by atoms with Crippen LogP contribution in [0.5, 0.6) is 46.0 Å². The summed E-state index contributed by atoms with van der Waals surface area (Å²) in [6.45, 7) is 2.61. The molecule has 2 atom stereocenters. The molecule has 0 unspecified atom stereocenters. The molecule has 4 aliphatic heterocycles. The van der Waals surface area contributed by atoms with Crippen LogP contribution in [-0.4, -0.2) is 89.0 Å². The third-order valence-corrected chi connectivity index (χ3v) is 8.95. The van der Waals surface area contributed by atoms with Gasteiger partial charge in [0.15, 0.2) is 46.0 Å². The van der Waals surface area contributed by atoms with E-state index in [1.54, 1.807) is 0 Å². The van der Waals surface area contributed by atoms with E-state index in [9.17, 15) is 10.2 Å². The first kappa shape index (κ1) is 34.1. The fourth-order valence-electron chi connectivity index (χ4n) is 6.32. The number of nitrogens with one attached hydrogen (secondary N) is 2. The average molecular weight is 717 g/mol. The summed E-state index contributed by atoms with van der Waals surface area (Å²) in [7, 11) is 0. The molecule has 52 heavy (non-hydrogen) atoms. The summed E-state index contributed by atoms with van der Waals surface area (Å²) >= 11 is 0. The van der Waals surface area contributed by atoms with E-state index in [0.717, 1.165) is 22.3 Å². The van der Waals surface area contributed by atoms with E-state index in [1.165, 1.54) is 0 Å². The van der Waals surface area contributed by atoms with E-state index in [-0.39, 0.29) is 40.4 Å². The van der Waals surface area contributed by atoms with Crippen LogP contribution in [0.3, 0.4) is 0 Å². The van der Waals surface area contributed by atoms with Crippen LogP contribution in [0.2, 0.25) is 0 Å². The molecule has 8 rings (SSSR count). The monoisotopic (exact) mass is 716 g/mol. The standard InChI is InChI=1S/C38H40N2O12/c41-27(17-43-37(23-1-5-29-33(11-23)49-19-45-29)24-2-6-30-34(12-24)50-20-46-30)15-39-9-10-40-16-28(42)18-44-38(25-3-7-31-35(13-25)51-21-47-31)26-4-8-32-36(14-26)52-22-48-32/h1-8,11-14,27-28,37-42H,9-10,15-22H2/t27-,28-/m0/s1. The molecule has 0 fully saturated rings. The molecular weight excluding hydrogens is 676 g/mol. The first-order valence-corrected chi connectivity index (χ1v) is 17.2. The number of hydrogen-bond donors (Lipinski definition) is 4. The molecule has 0 saturated heterocycles. The van der Waals surface area contributed by atoms with E-state index in [0.29, 0.717) is 72.2 Å². The summed E-state index contributed by atoms with van der Waals surface area (Å²) in [5.74, 6) is 5.30. The fourth-order valence-corrected chi connectivity index (χ4v) is 6.32. The molecule has 4 heterocycles. The zero-order chi connectivity index (χ0) is 35.3. The quantitative estimate of drug-likeness (QED) is 0.118. The Balaban J connectivity index is 0.792. The van der Waals surface area contributed by atoms with Crippen molar-refractivity contribution >= 4 is 0 Å². The van der Waals surface area contributed by atoms with Gasteiger partial charge in [-0.15, -0.1) is 0 Å². The minimum atomic E-state index is -0.770. The van der Waals surface area contributed by atoms with E-state index in [2.05, 4.69) is 10.6 Å². The third kappa shape index (κ3) is 7.77. The van der Waals surface area contributed by atoms with Gasteiger partial charge >= 0.3 is 0 Å². The Morgan fingerprint density at radius 3 is 1.04 bits per heavy atom. The van der Waals surface area contributed by atoms with Crippen molar-refractivity contribution in [1.82, 2.24) is 10.6 Å². The SMILES string of the molecule is O[C@@H](CNCCNC[C@H](O)COC(c1ccc2c(c1)OCO2)c1ccc2c(c1)OCO2)COC(c1ccc2c(c1)OCO2)c1ccc2c(c1)OCO2. The number of aliphatic hydroxyl groups excluding tert-OH is 2. The molecule has 274 valence electrons. The molecule has 4 aromatic rings. The van der Waals surface area contributed by atoms with E-state index in [1.807, 2.05) is 72.8 Å². The van der Waals surface area contributed by atoms with Crippen LogP contribution in [0, 0.1) is 0 Å². The van der Waals surface area contributed by atoms with Gasteiger partial charge in [0, 0.05) is 26.2 Å². The molecule has 4 aromatic carbocycles. The van der Waals surface area contributed by atoms with Gasteiger partial charge in [0.2, 0.25) is 27.2 Å². The highest BCUT2D eigenvalue weighted by molar-refractivity contribution is 5.51. The van der Waals surface area contributed by atoms with Crippen molar-refractivity contribution in [1.29, 1.82) is 0 Å². The van der Waals surface area contributed by atoms with Crippen LogP contribution in [-0.2, 0) is 9.47 Å². The summed E-state index contributed by atoms with van der Waals surface area (Å²) in [5, 5.41) is 28.0.